The van der Waals surface area contributed by atoms with Gasteiger partial charge < -0.3 is 4.57 Å². The van der Waals surface area contributed by atoms with Gasteiger partial charge in [-0.2, -0.15) is 0 Å². The molecular weight excluding hydrogens is 318 g/mol. The van der Waals surface area contributed by atoms with Gasteiger partial charge in [-0.1, -0.05) is 19.1 Å². The van der Waals surface area contributed by atoms with E-state index in [-0.39, 0.29) is 0 Å². The zero-order chi connectivity index (χ0) is 18.3. The van der Waals surface area contributed by atoms with Crippen molar-refractivity contribution < 1.29 is 0 Å². The third-order valence-electron chi connectivity index (χ3n) is 6.00. The van der Waals surface area contributed by atoms with E-state index < -0.39 is 0 Å². The summed E-state index contributed by atoms with van der Waals surface area (Å²) in [6.07, 6.45) is 5.29. The van der Waals surface area contributed by atoms with E-state index in [1.165, 1.54) is 27.6 Å². The molecule has 2 aromatic heterocycles. The largest absolute Gasteiger partial charge is 0.344 e. The summed E-state index contributed by atoms with van der Waals surface area (Å²) in [5.41, 5.74) is 8.31. The zero-order valence-corrected chi connectivity index (χ0v) is 16.4. The number of aryl methyl sites for hydroxylation is 4. The van der Waals surface area contributed by atoms with Crippen LogP contribution in [0.15, 0.2) is 36.5 Å². The Morgan fingerprint density at radius 3 is 2.69 bits per heavy atom. The summed E-state index contributed by atoms with van der Waals surface area (Å²) in [5, 5.41) is 1.46. The average Bonchev–Trinajstić information content (AvgIpc) is 2.94. The van der Waals surface area contributed by atoms with Crippen LogP contribution < -0.4 is 0 Å². The van der Waals surface area contributed by atoms with Gasteiger partial charge in [0.15, 0.2) is 0 Å². The minimum atomic E-state index is 0.595. The maximum atomic E-state index is 4.46. The van der Waals surface area contributed by atoms with Crippen LogP contribution in [0.5, 0.6) is 0 Å². The molecule has 3 heteroatoms. The lowest BCUT2D eigenvalue weighted by atomic mass is 9.99. The highest BCUT2D eigenvalue weighted by molar-refractivity contribution is 5.86. The smallest absolute Gasteiger partial charge is 0.0486 e. The van der Waals surface area contributed by atoms with Crippen LogP contribution >= 0.6 is 0 Å². The van der Waals surface area contributed by atoms with Crippen molar-refractivity contribution in [3.05, 3.63) is 64.6 Å². The third-order valence-corrected chi connectivity index (χ3v) is 6.00. The Morgan fingerprint density at radius 1 is 1.15 bits per heavy atom. The molecule has 1 unspecified atom stereocenters. The van der Waals surface area contributed by atoms with Gasteiger partial charge in [-0.25, -0.2) is 0 Å². The molecule has 0 saturated heterocycles. The van der Waals surface area contributed by atoms with Gasteiger partial charge in [0.1, 0.15) is 0 Å². The van der Waals surface area contributed by atoms with Gasteiger partial charge in [0.2, 0.25) is 0 Å². The van der Waals surface area contributed by atoms with Crippen LogP contribution in [0.1, 0.15) is 41.9 Å². The van der Waals surface area contributed by atoms with Crippen LogP contribution in [0.25, 0.3) is 10.9 Å². The van der Waals surface area contributed by atoms with Crippen molar-refractivity contribution in [2.45, 2.75) is 59.2 Å². The monoisotopic (exact) mass is 347 g/mol. The van der Waals surface area contributed by atoms with E-state index in [4.69, 9.17) is 0 Å². The lowest BCUT2D eigenvalue weighted by Crippen LogP contribution is -2.35. The second-order valence-electron chi connectivity index (χ2n) is 7.81. The number of benzene rings is 1. The van der Waals surface area contributed by atoms with Gasteiger partial charge in [-0.3, -0.25) is 9.88 Å². The van der Waals surface area contributed by atoms with E-state index in [0.717, 1.165) is 38.0 Å². The molecule has 26 heavy (non-hydrogen) atoms. The number of hydrogen-bond acceptors (Lipinski definition) is 2. The van der Waals surface area contributed by atoms with Crippen LogP contribution in [0.2, 0.25) is 0 Å². The van der Waals surface area contributed by atoms with Gasteiger partial charge in [0.05, 0.1) is 0 Å². The molecule has 136 valence electrons. The standard InChI is InChI=1S/C23H29N3/c1-5-18-8-9-22-20(13-18)21-15-25(4)17(3)12-23(21)26(22)11-10-19-7-6-16(2)24-14-19/h6-9,13-14,17H,5,10-12,15H2,1-4H3. The van der Waals surface area contributed by atoms with Crippen LogP contribution in [0, 0.1) is 6.92 Å². The number of hydrogen-bond donors (Lipinski definition) is 0. The highest BCUT2D eigenvalue weighted by atomic mass is 15.1. The molecule has 0 spiro atoms. The number of rotatable bonds is 4. The number of likely N-dealkylation sites (N-methyl/N-ethyl adjacent to an activating group) is 1. The van der Waals surface area contributed by atoms with E-state index in [1.54, 1.807) is 5.69 Å². The molecule has 0 fully saturated rings. The molecule has 0 saturated carbocycles. The van der Waals surface area contributed by atoms with Crippen molar-refractivity contribution in [2.24, 2.45) is 0 Å². The number of aromatic nitrogens is 2. The fourth-order valence-corrected chi connectivity index (χ4v) is 4.14. The van der Waals surface area contributed by atoms with E-state index >= 15 is 0 Å². The fraction of sp³-hybridized carbons (Fsp3) is 0.435. The summed E-state index contributed by atoms with van der Waals surface area (Å²) < 4.78 is 2.58. The lowest BCUT2D eigenvalue weighted by Gasteiger charge is -2.31. The van der Waals surface area contributed by atoms with E-state index in [1.807, 2.05) is 13.1 Å². The Bertz CT molecular complexity index is 921. The van der Waals surface area contributed by atoms with Crippen molar-refractivity contribution in [1.29, 1.82) is 0 Å². The Balaban J connectivity index is 1.75. The highest BCUT2D eigenvalue weighted by Crippen LogP contribution is 2.33. The Morgan fingerprint density at radius 2 is 1.96 bits per heavy atom. The Kier molecular flexibility index (Phi) is 4.58. The molecule has 0 aliphatic carbocycles. The second-order valence-corrected chi connectivity index (χ2v) is 7.81. The van der Waals surface area contributed by atoms with E-state index in [2.05, 4.69) is 65.7 Å². The van der Waals surface area contributed by atoms with Crippen LogP contribution in [-0.2, 0) is 32.4 Å². The summed E-state index contributed by atoms with van der Waals surface area (Å²) in [6, 6.07) is 12.0. The molecule has 0 N–H and O–H groups in total. The first kappa shape index (κ1) is 17.3. The first-order valence-electron chi connectivity index (χ1n) is 9.81. The van der Waals surface area contributed by atoms with Gasteiger partial charge in [0, 0.05) is 54.0 Å². The topological polar surface area (TPSA) is 21.1 Å². The summed E-state index contributed by atoms with van der Waals surface area (Å²) in [7, 11) is 2.25. The molecule has 0 amide bonds. The van der Waals surface area contributed by atoms with Crippen molar-refractivity contribution in [3.63, 3.8) is 0 Å². The zero-order valence-electron chi connectivity index (χ0n) is 16.4. The fourth-order valence-electron chi connectivity index (χ4n) is 4.14. The number of nitrogens with zero attached hydrogens (tertiary/aromatic N) is 3. The molecule has 1 aromatic carbocycles. The van der Waals surface area contributed by atoms with Crippen molar-refractivity contribution in [3.8, 4) is 0 Å². The third kappa shape index (κ3) is 3.05. The predicted molar refractivity (Wildman–Crippen MR) is 109 cm³/mol. The summed E-state index contributed by atoms with van der Waals surface area (Å²) in [5.74, 6) is 0. The molecule has 3 aromatic rings. The molecule has 1 aliphatic rings. The van der Waals surface area contributed by atoms with Crippen molar-refractivity contribution in [1.82, 2.24) is 14.5 Å². The average molecular weight is 348 g/mol. The van der Waals surface area contributed by atoms with Gasteiger partial charge in [-0.05, 0) is 68.6 Å². The minimum absolute atomic E-state index is 0.595. The molecule has 0 bridgehead atoms. The molecule has 1 aliphatic heterocycles. The quantitative estimate of drug-likeness (QED) is 0.691. The number of fused-ring (bicyclic) bond motifs is 3. The first-order chi connectivity index (χ1) is 12.6. The van der Waals surface area contributed by atoms with E-state index in [0.29, 0.717) is 6.04 Å². The normalized spacial score (nSPS) is 17.6. The Hall–Kier alpha value is -2.13. The highest BCUT2D eigenvalue weighted by Gasteiger charge is 2.26. The Labute approximate surface area is 156 Å². The van der Waals surface area contributed by atoms with Gasteiger partial charge in [-0.15, -0.1) is 0 Å². The van der Waals surface area contributed by atoms with Crippen LogP contribution in [0.3, 0.4) is 0 Å². The van der Waals surface area contributed by atoms with Gasteiger partial charge >= 0.3 is 0 Å². The summed E-state index contributed by atoms with van der Waals surface area (Å²) in [6.45, 7) is 8.70. The molecule has 3 nitrogen and oxygen atoms in total. The predicted octanol–water partition coefficient (Wildman–Crippen LogP) is 4.53. The maximum absolute atomic E-state index is 4.46. The minimum Gasteiger partial charge on any atom is -0.344 e. The molecular formula is C23H29N3. The number of pyridine rings is 1. The molecule has 1 atom stereocenters. The SMILES string of the molecule is CCc1ccc2c(c1)c1c(n2CCc2ccc(C)nc2)CC(C)N(C)C1. The second kappa shape index (κ2) is 6.88. The molecule has 4 rings (SSSR count). The van der Waals surface area contributed by atoms with Crippen LogP contribution in [-0.4, -0.2) is 27.5 Å². The van der Waals surface area contributed by atoms with Crippen molar-refractivity contribution >= 4 is 10.9 Å². The van der Waals surface area contributed by atoms with E-state index in [9.17, 15) is 0 Å². The van der Waals surface area contributed by atoms with Crippen molar-refractivity contribution in [2.75, 3.05) is 7.05 Å². The van der Waals surface area contributed by atoms with Crippen LogP contribution in [0.4, 0.5) is 0 Å². The van der Waals surface area contributed by atoms with Gasteiger partial charge in [0.25, 0.3) is 0 Å². The maximum Gasteiger partial charge on any atom is 0.0486 e. The molecule has 0 radical (unpaired) electrons. The summed E-state index contributed by atoms with van der Waals surface area (Å²) >= 11 is 0. The molecule has 3 heterocycles. The lowest BCUT2D eigenvalue weighted by molar-refractivity contribution is 0.228. The summed E-state index contributed by atoms with van der Waals surface area (Å²) in [4.78, 5) is 6.94. The first-order valence-corrected chi connectivity index (χ1v) is 9.81.